The Kier molecular flexibility index (Phi) is 7.24. The van der Waals surface area contributed by atoms with Gasteiger partial charge in [-0.2, -0.15) is 5.26 Å². The first-order chi connectivity index (χ1) is 17.7. The summed E-state index contributed by atoms with van der Waals surface area (Å²) in [6, 6.07) is 34.5. The molecule has 1 heterocycles. The van der Waals surface area contributed by atoms with Gasteiger partial charge in [-0.15, -0.1) is 10.2 Å². The Balaban J connectivity index is 1.43. The number of aromatic nitrogens is 3. The van der Waals surface area contributed by atoms with E-state index in [0.29, 0.717) is 18.7 Å². The molecule has 0 atom stereocenters. The standard InChI is InChI=1S/C29H22IN5O/c30-26-11-6-22(7-12-26)18-35(34-20-32-33-21-34)27-13-8-25(17-31)29(16-27)24-9-14-28(15-10-24)36-19-23-4-2-1-3-5-23/h1-16,20-21H,18-19H2. The van der Waals surface area contributed by atoms with Gasteiger partial charge in [0.2, 0.25) is 0 Å². The lowest BCUT2D eigenvalue weighted by Crippen LogP contribution is -2.27. The number of nitrogens with zero attached hydrogens (tertiary/aromatic N) is 5. The molecule has 0 bridgehead atoms. The summed E-state index contributed by atoms with van der Waals surface area (Å²) in [5.41, 5.74) is 5.59. The molecule has 36 heavy (non-hydrogen) atoms. The van der Waals surface area contributed by atoms with E-state index < -0.39 is 0 Å². The Morgan fingerprint density at radius 2 is 1.56 bits per heavy atom. The maximum atomic E-state index is 9.81. The van der Waals surface area contributed by atoms with Gasteiger partial charge < -0.3 is 4.74 Å². The number of nitriles is 1. The summed E-state index contributed by atoms with van der Waals surface area (Å²) in [5, 5.41) is 19.9. The van der Waals surface area contributed by atoms with Crippen molar-refractivity contribution in [2.24, 2.45) is 0 Å². The van der Waals surface area contributed by atoms with Crippen LogP contribution in [-0.2, 0) is 13.2 Å². The maximum absolute atomic E-state index is 9.81. The van der Waals surface area contributed by atoms with Gasteiger partial charge in [0.25, 0.3) is 0 Å². The molecule has 0 amide bonds. The number of halogens is 1. The zero-order chi connectivity index (χ0) is 24.7. The van der Waals surface area contributed by atoms with E-state index in [4.69, 9.17) is 4.74 Å². The van der Waals surface area contributed by atoms with Crippen molar-refractivity contribution in [1.29, 1.82) is 5.26 Å². The van der Waals surface area contributed by atoms with E-state index in [-0.39, 0.29) is 0 Å². The van der Waals surface area contributed by atoms with Gasteiger partial charge in [-0.05, 0) is 81.7 Å². The molecule has 0 aliphatic rings. The molecule has 0 saturated carbocycles. The van der Waals surface area contributed by atoms with Gasteiger partial charge in [0.1, 0.15) is 25.0 Å². The molecule has 1 aromatic heterocycles. The molecule has 0 spiro atoms. The predicted octanol–water partition coefficient (Wildman–Crippen LogP) is 6.47. The third kappa shape index (κ3) is 5.56. The topological polar surface area (TPSA) is 67.0 Å². The minimum absolute atomic E-state index is 0.506. The lowest BCUT2D eigenvalue weighted by atomic mass is 9.99. The lowest BCUT2D eigenvalue weighted by Gasteiger charge is -2.26. The summed E-state index contributed by atoms with van der Waals surface area (Å²) in [7, 11) is 0. The Hall–Kier alpha value is -4.16. The lowest BCUT2D eigenvalue weighted by molar-refractivity contribution is 0.306. The fraction of sp³-hybridized carbons (Fsp3) is 0.0690. The molecule has 0 saturated heterocycles. The normalized spacial score (nSPS) is 10.6. The molecule has 6 nitrogen and oxygen atoms in total. The maximum Gasteiger partial charge on any atom is 0.139 e. The van der Waals surface area contributed by atoms with Crippen LogP contribution in [0.5, 0.6) is 5.75 Å². The highest BCUT2D eigenvalue weighted by Crippen LogP contribution is 2.31. The van der Waals surface area contributed by atoms with Crippen molar-refractivity contribution in [1.82, 2.24) is 14.9 Å². The van der Waals surface area contributed by atoms with Crippen LogP contribution in [0, 0.1) is 14.9 Å². The van der Waals surface area contributed by atoms with Crippen LogP contribution < -0.4 is 9.75 Å². The zero-order valence-electron chi connectivity index (χ0n) is 19.3. The van der Waals surface area contributed by atoms with E-state index in [9.17, 15) is 5.26 Å². The van der Waals surface area contributed by atoms with E-state index in [1.807, 2.05) is 77.5 Å². The van der Waals surface area contributed by atoms with Crippen LogP contribution in [0.2, 0.25) is 0 Å². The molecule has 4 aromatic carbocycles. The summed E-state index contributed by atoms with van der Waals surface area (Å²) in [6.07, 6.45) is 3.34. The molecule has 0 N–H and O–H groups in total. The van der Waals surface area contributed by atoms with Gasteiger partial charge in [0.15, 0.2) is 0 Å². The summed E-state index contributed by atoms with van der Waals surface area (Å²) < 4.78 is 8.97. The molecule has 0 aliphatic carbocycles. The minimum atomic E-state index is 0.506. The summed E-state index contributed by atoms with van der Waals surface area (Å²) in [4.78, 5) is 0. The fourth-order valence-electron chi connectivity index (χ4n) is 3.89. The quantitative estimate of drug-likeness (QED) is 0.196. The van der Waals surface area contributed by atoms with E-state index in [0.717, 1.165) is 33.7 Å². The van der Waals surface area contributed by atoms with Gasteiger partial charge in [-0.25, -0.2) is 4.68 Å². The van der Waals surface area contributed by atoms with E-state index >= 15 is 0 Å². The van der Waals surface area contributed by atoms with Crippen molar-refractivity contribution in [3.63, 3.8) is 0 Å². The van der Waals surface area contributed by atoms with Crippen molar-refractivity contribution in [3.05, 3.63) is 130 Å². The van der Waals surface area contributed by atoms with Gasteiger partial charge in [0, 0.05) is 9.13 Å². The van der Waals surface area contributed by atoms with Crippen molar-refractivity contribution in [2.45, 2.75) is 13.2 Å². The van der Waals surface area contributed by atoms with Crippen molar-refractivity contribution >= 4 is 28.3 Å². The van der Waals surface area contributed by atoms with Crippen LogP contribution in [0.15, 0.2) is 110 Å². The minimum Gasteiger partial charge on any atom is -0.489 e. The average Bonchev–Trinajstić information content (AvgIpc) is 3.47. The number of hydrogen-bond acceptors (Lipinski definition) is 5. The van der Waals surface area contributed by atoms with Crippen LogP contribution in [0.4, 0.5) is 5.69 Å². The molecule has 176 valence electrons. The summed E-state index contributed by atoms with van der Waals surface area (Å²) in [5.74, 6) is 0.780. The summed E-state index contributed by atoms with van der Waals surface area (Å²) >= 11 is 2.30. The van der Waals surface area contributed by atoms with Gasteiger partial charge >= 0.3 is 0 Å². The molecule has 0 unspecified atom stereocenters. The molecule has 0 aliphatic heterocycles. The van der Waals surface area contributed by atoms with E-state index in [1.165, 1.54) is 3.57 Å². The first kappa shape index (κ1) is 23.6. The van der Waals surface area contributed by atoms with E-state index in [1.54, 1.807) is 12.7 Å². The van der Waals surface area contributed by atoms with Gasteiger partial charge in [0.05, 0.1) is 23.9 Å². The average molecular weight is 583 g/mol. The smallest absolute Gasteiger partial charge is 0.139 e. The molecule has 0 radical (unpaired) electrons. The van der Waals surface area contributed by atoms with Crippen molar-refractivity contribution < 1.29 is 4.74 Å². The number of ether oxygens (including phenoxy) is 1. The Bertz CT molecular complexity index is 1460. The number of rotatable bonds is 8. The second kappa shape index (κ2) is 11.1. The fourth-order valence-corrected chi connectivity index (χ4v) is 4.25. The second-order valence-electron chi connectivity index (χ2n) is 8.17. The SMILES string of the molecule is N#Cc1ccc(N(Cc2ccc(I)cc2)n2cnnc2)cc1-c1ccc(OCc2ccccc2)cc1. The van der Waals surface area contributed by atoms with E-state index in [2.05, 4.69) is 68.1 Å². The third-order valence-electron chi connectivity index (χ3n) is 5.77. The largest absolute Gasteiger partial charge is 0.489 e. The van der Waals surface area contributed by atoms with Crippen LogP contribution in [-0.4, -0.2) is 14.9 Å². The van der Waals surface area contributed by atoms with Crippen LogP contribution >= 0.6 is 22.6 Å². The zero-order valence-corrected chi connectivity index (χ0v) is 21.5. The highest BCUT2D eigenvalue weighted by molar-refractivity contribution is 14.1. The predicted molar refractivity (Wildman–Crippen MR) is 148 cm³/mol. The Morgan fingerprint density at radius 1 is 0.833 bits per heavy atom. The first-order valence-electron chi connectivity index (χ1n) is 11.4. The molecular formula is C29H22IN5O. The second-order valence-corrected chi connectivity index (χ2v) is 9.41. The molecule has 5 aromatic rings. The number of anilines is 1. The Morgan fingerprint density at radius 3 is 2.25 bits per heavy atom. The summed E-state index contributed by atoms with van der Waals surface area (Å²) in [6.45, 7) is 1.12. The monoisotopic (exact) mass is 583 g/mol. The molecule has 0 fully saturated rings. The molecule has 5 rings (SSSR count). The van der Waals surface area contributed by atoms with Gasteiger partial charge in [-0.3, -0.25) is 5.01 Å². The highest BCUT2D eigenvalue weighted by Gasteiger charge is 2.14. The van der Waals surface area contributed by atoms with Crippen molar-refractivity contribution in [2.75, 3.05) is 5.01 Å². The molecular weight excluding hydrogens is 561 g/mol. The van der Waals surface area contributed by atoms with Crippen LogP contribution in [0.3, 0.4) is 0 Å². The first-order valence-corrected chi connectivity index (χ1v) is 12.5. The van der Waals surface area contributed by atoms with Crippen LogP contribution in [0.25, 0.3) is 11.1 Å². The third-order valence-corrected chi connectivity index (χ3v) is 6.49. The van der Waals surface area contributed by atoms with Gasteiger partial charge in [-0.1, -0.05) is 54.6 Å². The number of hydrogen-bond donors (Lipinski definition) is 0. The van der Waals surface area contributed by atoms with Crippen LogP contribution in [0.1, 0.15) is 16.7 Å². The number of benzene rings is 4. The Labute approximate surface area is 223 Å². The highest BCUT2D eigenvalue weighted by atomic mass is 127. The molecule has 7 heteroatoms. The van der Waals surface area contributed by atoms with Crippen molar-refractivity contribution in [3.8, 4) is 22.9 Å².